The maximum absolute atomic E-state index is 10.4. The van der Waals surface area contributed by atoms with E-state index in [-0.39, 0.29) is 6.42 Å². The maximum Gasteiger partial charge on any atom is 0.229 e. The van der Waals surface area contributed by atoms with Crippen molar-refractivity contribution >= 4 is 5.91 Å². The van der Waals surface area contributed by atoms with Crippen molar-refractivity contribution in [2.24, 2.45) is 5.73 Å². The largest absolute Gasteiger partial charge is 0.369 e. The summed E-state index contributed by atoms with van der Waals surface area (Å²) in [6.45, 7) is 3.81. The summed E-state index contributed by atoms with van der Waals surface area (Å²) in [5, 5.41) is 0. The van der Waals surface area contributed by atoms with Crippen LogP contribution in [0.25, 0.3) is 0 Å². The first-order valence-electron chi connectivity index (χ1n) is 4.31. The zero-order valence-electron chi connectivity index (χ0n) is 8.29. The molecular weight excluding hydrogens is 176 g/mol. The fourth-order valence-corrected chi connectivity index (χ4v) is 1.05. The maximum atomic E-state index is 10.4. The highest BCUT2D eigenvalue weighted by molar-refractivity contribution is 5.76. The Morgan fingerprint density at radius 2 is 2.21 bits per heavy atom. The van der Waals surface area contributed by atoms with Gasteiger partial charge in [-0.25, -0.2) is 0 Å². The lowest BCUT2D eigenvalue weighted by molar-refractivity contribution is -0.117. The van der Waals surface area contributed by atoms with Gasteiger partial charge in [-0.2, -0.15) is 0 Å². The number of rotatable bonds is 1. The molecule has 0 saturated heterocycles. The van der Waals surface area contributed by atoms with Crippen molar-refractivity contribution in [3.63, 3.8) is 0 Å². The zero-order valence-corrected chi connectivity index (χ0v) is 8.29. The van der Waals surface area contributed by atoms with Crippen LogP contribution in [0.5, 0.6) is 0 Å². The molecule has 72 valence electrons. The monoisotopic (exact) mass is 188 g/mol. The van der Waals surface area contributed by atoms with Gasteiger partial charge in [-0.1, -0.05) is 11.8 Å². The molecule has 0 aliphatic carbocycles. The summed E-state index contributed by atoms with van der Waals surface area (Å²) < 4.78 is 0. The molecule has 0 bridgehead atoms. The fraction of sp³-hybridized carbons (Fsp3) is 0.273. The van der Waals surface area contributed by atoms with Gasteiger partial charge in [0.15, 0.2) is 0 Å². The summed E-state index contributed by atoms with van der Waals surface area (Å²) in [6.07, 6.45) is 0.0906. The first-order chi connectivity index (χ1) is 6.59. The van der Waals surface area contributed by atoms with Gasteiger partial charge in [-0.3, -0.25) is 9.78 Å². The van der Waals surface area contributed by atoms with Crippen molar-refractivity contribution in [1.82, 2.24) is 4.98 Å². The van der Waals surface area contributed by atoms with E-state index in [9.17, 15) is 4.79 Å². The number of aryl methyl sites for hydroxylation is 2. The average Bonchev–Trinajstić information content (AvgIpc) is 2.08. The van der Waals surface area contributed by atoms with Crippen LogP contribution in [0.1, 0.15) is 23.4 Å². The van der Waals surface area contributed by atoms with Gasteiger partial charge < -0.3 is 5.73 Å². The lowest BCUT2D eigenvalue weighted by atomic mass is 10.2. The third-order valence-corrected chi connectivity index (χ3v) is 1.71. The number of aromatic nitrogens is 1. The Morgan fingerprint density at radius 3 is 2.79 bits per heavy atom. The van der Waals surface area contributed by atoms with Crippen LogP contribution in [-0.2, 0) is 4.79 Å². The van der Waals surface area contributed by atoms with Crippen molar-refractivity contribution in [2.45, 2.75) is 20.3 Å². The lowest BCUT2D eigenvalue weighted by Crippen LogP contribution is -2.08. The van der Waals surface area contributed by atoms with Gasteiger partial charge >= 0.3 is 0 Å². The molecule has 0 aliphatic heterocycles. The van der Waals surface area contributed by atoms with Crippen molar-refractivity contribution in [3.05, 3.63) is 29.1 Å². The van der Waals surface area contributed by atoms with E-state index in [0.717, 1.165) is 17.0 Å². The second-order valence-electron chi connectivity index (χ2n) is 3.03. The van der Waals surface area contributed by atoms with Crippen LogP contribution >= 0.6 is 0 Å². The molecule has 1 aromatic heterocycles. The predicted molar refractivity (Wildman–Crippen MR) is 54.4 cm³/mol. The second kappa shape index (κ2) is 4.43. The summed E-state index contributed by atoms with van der Waals surface area (Å²) in [7, 11) is 0. The van der Waals surface area contributed by atoms with Gasteiger partial charge in [0.2, 0.25) is 5.91 Å². The Labute approximate surface area is 83.3 Å². The molecule has 3 nitrogen and oxygen atoms in total. The zero-order chi connectivity index (χ0) is 10.6. The minimum Gasteiger partial charge on any atom is -0.369 e. The Morgan fingerprint density at radius 1 is 1.50 bits per heavy atom. The Bertz CT molecular complexity index is 413. The van der Waals surface area contributed by atoms with Crippen LogP contribution in [-0.4, -0.2) is 10.9 Å². The van der Waals surface area contributed by atoms with Gasteiger partial charge in [0.25, 0.3) is 0 Å². The number of carbonyl (C=O) groups is 1. The van der Waals surface area contributed by atoms with Crippen LogP contribution in [0.2, 0.25) is 0 Å². The first kappa shape index (κ1) is 10.3. The third kappa shape index (κ3) is 2.91. The topological polar surface area (TPSA) is 56.0 Å². The Hall–Kier alpha value is -1.82. The van der Waals surface area contributed by atoms with Crippen molar-refractivity contribution < 1.29 is 4.79 Å². The standard InChI is InChI=1S/C11H12N2O/c1-8-6-7-10(9(2)13-8)4-3-5-11(12)14/h6-7H,5H2,1-2H3,(H2,12,14). The molecule has 0 spiro atoms. The molecule has 2 N–H and O–H groups in total. The van der Waals surface area contributed by atoms with E-state index < -0.39 is 5.91 Å². The normalized spacial score (nSPS) is 9.00. The predicted octanol–water partition coefficient (Wildman–Crippen LogP) is 0.925. The second-order valence-corrected chi connectivity index (χ2v) is 3.03. The summed E-state index contributed by atoms with van der Waals surface area (Å²) in [5.74, 6) is 5.15. The highest BCUT2D eigenvalue weighted by Crippen LogP contribution is 2.04. The van der Waals surface area contributed by atoms with Gasteiger partial charge in [0, 0.05) is 11.3 Å². The molecule has 0 fully saturated rings. The molecule has 0 aromatic carbocycles. The first-order valence-corrected chi connectivity index (χ1v) is 4.31. The minimum absolute atomic E-state index is 0.0906. The van der Waals surface area contributed by atoms with Crippen LogP contribution in [0.3, 0.4) is 0 Å². The minimum atomic E-state index is -0.407. The van der Waals surface area contributed by atoms with E-state index >= 15 is 0 Å². The van der Waals surface area contributed by atoms with Gasteiger partial charge in [-0.15, -0.1) is 0 Å². The fourth-order valence-electron chi connectivity index (χ4n) is 1.05. The number of carbonyl (C=O) groups excluding carboxylic acids is 1. The molecular formula is C11H12N2O. The van der Waals surface area contributed by atoms with Crippen LogP contribution in [0.4, 0.5) is 0 Å². The lowest BCUT2D eigenvalue weighted by Gasteiger charge is -1.97. The number of nitrogens with two attached hydrogens (primary N) is 1. The highest BCUT2D eigenvalue weighted by atomic mass is 16.1. The summed E-state index contributed by atoms with van der Waals surface area (Å²) in [4.78, 5) is 14.7. The number of nitrogens with zero attached hydrogens (tertiary/aromatic N) is 1. The van der Waals surface area contributed by atoms with E-state index in [0.29, 0.717) is 0 Å². The number of primary amides is 1. The third-order valence-electron chi connectivity index (χ3n) is 1.71. The smallest absolute Gasteiger partial charge is 0.229 e. The number of pyridine rings is 1. The molecule has 0 unspecified atom stereocenters. The van der Waals surface area contributed by atoms with Crippen molar-refractivity contribution in [1.29, 1.82) is 0 Å². The van der Waals surface area contributed by atoms with Crippen LogP contribution in [0, 0.1) is 25.7 Å². The SMILES string of the molecule is Cc1ccc(C#CCC(N)=O)c(C)n1. The molecule has 1 amide bonds. The molecule has 3 heteroatoms. The van der Waals surface area contributed by atoms with E-state index in [1.54, 1.807) is 0 Å². The van der Waals surface area contributed by atoms with E-state index in [4.69, 9.17) is 5.73 Å². The molecule has 0 saturated carbocycles. The Kier molecular flexibility index (Phi) is 3.24. The Balaban J connectivity index is 2.85. The molecule has 1 aromatic rings. The van der Waals surface area contributed by atoms with Gasteiger partial charge in [0.1, 0.15) is 0 Å². The number of amides is 1. The molecule has 1 rings (SSSR count). The number of hydrogen-bond acceptors (Lipinski definition) is 2. The van der Waals surface area contributed by atoms with Crippen LogP contribution in [0.15, 0.2) is 12.1 Å². The summed E-state index contributed by atoms with van der Waals surface area (Å²) in [6, 6.07) is 3.78. The van der Waals surface area contributed by atoms with Gasteiger partial charge in [-0.05, 0) is 26.0 Å². The molecule has 0 aliphatic rings. The number of hydrogen-bond donors (Lipinski definition) is 1. The summed E-state index contributed by atoms with van der Waals surface area (Å²) >= 11 is 0. The molecule has 0 atom stereocenters. The molecule has 0 radical (unpaired) electrons. The van der Waals surface area contributed by atoms with E-state index in [1.807, 2.05) is 26.0 Å². The highest BCUT2D eigenvalue weighted by Gasteiger charge is 1.95. The molecule has 14 heavy (non-hydrogen) atoms. The van der Waals surface area contributed by atoms with Crippen LogP contribution < -0.4 is 5.73 Å². The van der Waals surface area contributed by atoms with E-state index in [2.05, 4.69) is 16.8 Å². The van der Waals surface area contributed by atoms with Crippen molar-refractivity contribution in [3.8, 4) is 11.8 Å². The molecule has 1 heterocycles. The average molecular weight is 188 g/mol. The quantitative estimate of drug-likeness (QED) is 0.666. The van der Waals surface area contributed by atoms with Crippen molar-refractivity contribution in [2.75, 3.05) is 0 Å². The van der Waals surface area contributed by atoms with E-state index in [1.165, 1.54) is 0 Å². The summed E-state index contributed by atoms with van der Waals surface area (Å²) in [5.41, 5.74) is 7.64. The van der Waals surface area contributed by atoms with Gasteiger partial charge in [0.05, 0.1) is 12.1 Å².